The molecule has 2 aromatic carbocycles. The van der Waals surface area contributed by atoms with Gasteiger partial charge >= 0.3 is 0 Å². The maximum absolute atomic E-state index is 12.8. The van der Waals surface area contributed by atoms with Gasteiger partial charge < -0.3 is 5.73 Å². The third-order valence-electron chi connectivity index (χ3n) is 3.21. The number of hydrogen-bond donors (Lipinski definition) is 1. The van der Waals surface area contributed by atoms with Crippen molar-refractivity contribution in [2.45, 2.75) is 24.8 Å². The molecular formula is C16H18FNS. The minimum Gasteiger partial charge on any atom is -0.323 e. The molecule has 2 aromatic rings. The van der Waals surface area contributed by atoms with Gasteiger partial charge in [0.2, 0.25) is 0 Å². The number of rotatable bonds is 4. The fourth-order valence-electron chi connectivity index (χ4n) is 1.80. The van der Waals surface area contributed by atoms with Crippen LogP contribution in [0.5, 0.6) is 0 Å². The first-order chi connectivity index (χ1) is 9.06. The SMILES string of the molecule is Cc1ccc(SCC(N)c2ccc(F)cc2)cc1C. The molecule has 100 valence electrons. The lowest BCUT2D eigenvalue weighted by Crippen LogP contribution is -2.12. The van der Waals surface area contributed by atoms with Crippen molar-refractivity contribution in [2.24, 2.45) is 5.73 Å². The molecule has 3 heteroatoms. The van der Waals surface area contributed by atoms with Crippen molar-refractivity contribution in [3.63, 3.8) is 0 Å². The van der Waals surface area contributed by atoms with Crippen molar-refractivity contribution in [3.8, 4) is 0 Å². The highest BCUT2D eigenvalue weighted by Gasteiger charge is 2.07. The molecule has 0 saturated heterocycles. The van der Waals surface area contributed by atoms with Crippen LogP contribution in [-0.4, -0.2) is 5.75 Å². The number of benzene rings is 2. The van der Waals surface area contributed by atoms with Crippen LogP contribution in [0.15, 0.2) is 47.4 Å². The van der Waals surface area contributed by atoms with E-state index in [1.165, 1.54) is 28.2 Å². The molecule has 1 nitrogen and oxygen atoms in total. The van der Waals surface area contributed by atoms with Crippen molar-refractivity contribution in [2.75, 3.05) is 5.75 Å². The van der Waals surface area contributed by atoms with Crippen LogP contribution >= 0.6 is 11.8 Å². The van der Waals surface area contributed by atoms with E-state index in [-0.39, 0.29) is 11.9 Å². The molecule has 19 heavy (non-hydrogen) atoms. The molecule has 0 bridgehead atoms. The van der Waals surface area contributed by atoms with Gasteiger partial charge in [0.25, 0.3) is 0 Å². The standard InChI is InChI=1S/C16H18FNS/c1-11-3-8-15(9-12(11)2)19-10-16(18)13-4-6-14(17)7-5-13/h3-9,16H,10,18H2,1-2H3. The van der Waals surface area contributed by atoms with Crippen molar-refractivity contribution in [1.29, 1.82) is 0 Å². The average molecular weight is 275 g/mol. The van der Waals surface area contributed by atoms with Crippen LogP contribution in [0.25, 0.3) is 0 Å². The predicted octanol–water partition coefficient (Wildman–Crippen LogP) is 4.23. The second-order valence-electron chi connectivity index (χ2n) is 4.72. The van der Waals surface area contributed by atoms with E-state index in [0.717, 1.165) is 11.3 Å². The summed E-state index contributed by atoms with van der Waals surface area (Å²) in [4.78, 5) is 1.22. The van der Waals surface area contributed by atoms with E-state index < -0.39 is 0 Å². The first kappa shape index (κ1) is 14.1. The number of halogens is 1. The Labute approximate surface area is 118 Å². The Morgan fingerprint density at radius 2 is 1.74 bits per heavy atom. The predicted molar refractivity (Wildman–Crippen MR) is 80.0 cm³/mol. The zero-order valence-corrected chi connectivity index (χ0v) is 12.0. The summed E-state index contributed by atoms with van der Waals surface area (Å²) < 4.78 is 12.8. The fraction of sp³-hybridized carbons (Fsp3) is 0.250. The third kappa shape index (κ3) is 3.82. The lowest BCUT2D eigenvalue weighted by Gasteiger charge is -2.12. The number of aryl methyl sites for hydroxylation is 2. The lowest BCUT2D eigenvalue weighted by molar-refractivity contribution is 0.626. The Morgan fingerprint density at radius 1 is 1.05 bits per heavy atom. The van der Waals surface area contributed by atoms with Gasteiger partial charge in [-0.3, -0.25) is 0 Å². The summed E-state index contributed by atoms with van der Waals surface area (Å²) in [6, 6.07) is 12.8. The van der Waals surface area contributed by atoms with Gasteiger partial charge in [-0.1, -0.05) is 18.2 Å². The Morgan fingerprint density at radius 3 is 2.37 bits per heavy atom. The van der Waals surface area contributed by atoms with Crippen LogP contribution < -0.4 is 5.73 Å². The Balaban J connectivity index is 1.98. The molecule has 0 aliphatic rings. The summed E-state index contributed by atoms with van der Waals surface area (Å²) >= 11 is 1.73. The highest BCUT2D eigenvalue weighted by atomic mass is 32.2. The second kappa shape index (κ2) is 6.22. The lowest BCUT2D eigenvalue weighted by atomic mass is 10.1. The largest absolute Gasteiger partial charge is 0.323 e. The molecule has 1 atom stereocenters. The maximum atomic E-state index is 12.8. The van der Waals surface area contributed by atoms with Crippen LogP contribution in [0.1, 0.15) is 22.7 Å². The summed E-state index contributed by atoms with van der Waals surface area (Å²) in [7, 11) is 0. The van der Waals surface area contributed by atoms with E-state index in [1.54, 1.807) is 23.9 Å². The van der Waals surface area contributed by atoms with Crippen LogP contribution in [-0.2, 0) is 0 Å². The molecule has 0 aromatic heterocycles. The number of thioether (sulfide) groups is 1. The Hall–Kier alpha value is -1.32. The van der Waals surface area contributed by atoms with Crippen LogP contribution in [0.3, 0.4) is 0 Å². The van der Waals surface area contributed by atoms with Crippen LogP contribution in [0, 0.1) is 19.7 Å². The summed E-state index contributed by atoms with van der Waals surface area (Å²) in [5.41, 5.74) is 9.68. The van der Waals surface area contributed by atoms with Crippen LogP contribution in [0.4, 0.5) is 4.39 Å². The van der Waals surface area contributed by atoms with Gasteiger partial charge in [-0.2, -0.15) is 0 Å². The molecule has 0 saturated carbocycles. The quantitative estimate of drug-likeness (QED) is 0.845. The van der Waals surface area contributed by atoms with Gasteiger partial charge in [0.1, 0.15) is 5.82 Å². The van der Waals surface area contributed by atoms with Gasteiger partial charge in [0, 0.05) is 16.7 Å². The minimum atomic E-state index is -0.224. The van der Waals surface area contributed by atoms with E-state index in [0.29, 0.717) is 0 Å². The van der Waals surface area contributed by atoms with Crippen molar-refractivity contribution < 1.29 is 4.39 Å². The van der Waals surface area contributed by atoms with E-state index in [4.69, 9.17) is 5.73 Å². The van der Waals surface area contributed by atoms with Crippen molar-refractivity contribution in [1.82, 2.24) is 0 Å². The Bertz CT molecular complexity index is 551. The Kier molecular flexibility index (Phi) is 4.61. The van der Waals surface area contributed by atoms with Crippen molar-refractivity contribution in [3.05, 3.63) is 65.0 Å². The smallest absolute Gasteiger partial charge is 0.123 e. The summed E-state index contributed by atoms with van der Waals surface area (Å²) in [5.74, 6) is 0.562. The number of nitrogens with two attached hydrogens (primary N) is 1. The maximum Gasteiger partial charge on any atom is 0.123 e. The summed E-state index contributed by atoms with van der Waals surface area (Å²) in [5, 5.41) is 0. The van der Waals surface area contributed by atoms with E-state index in [9.17, 15) is 4.39 Å². The normalized spacial score (nSPS) is 12.4. The monoisotopic (exact) mass is 275 g/mol. The zero-order valence-electron chi connectivity index (χ0n) is 11.2. The van der Waals surface area contributed by atoms with E-state index in [2.05, 4.69) is 32.0 Å². The zero-order chi connectivity index (χ0) is 13.8. The minimum absolute atomic E-state index is 0.0767. The third-order valence-corrected chi connectivity index (χ3v) is 4.32. The molecule has 0 heterocycles. The van der Waals surface area contributed by atoms with Gasteiger partial charge in [0.05, 0.1) is 0 Å². The summed E-state index contributed by atoms with van der Waals surface area (Å²) in [6.07, 6.45) is 0. The highest BCUT2D eigenvalue weighted by molar-refractivity contribution is 7.99. The van der Waals surface area contributed by atoms with Crippen LogP contribution in [0.2, 0.25) is 0 Å². The molecule has 0 amide bonds. The van der Waals surface area contributed by atoms with Gasteiger partial charge in [-0.15, -0.1) is 11.8 Å². The van der Waals surface area contributed by atoms with Crippen molar-refractivity contribution >= 4 is 11.8 Å². The topological polar surface area (TPSA) is 26.0 Å². The molecule has 0 spiro atoms. The molecule has 0 aliphatic carbocycles. The molecule has 0 radical (unpaired) electrons. The number of hydrogen-bond acceptors (Lipinski definition) is 2. The highest BCUT2D eigenvalue weighted by Crippen LogP contribution is 2.25. The van der Waals surface area contributed by atoms with E-state index in [1.807, 2.05) is 0 Å². The van der Waals surface area contributed by atoms with Gasteiger partial charge in [0.15, 0.2) is 0 Å². The van der Waals surface area contributed by atoms with Gasteiger partial charge in [-0.05, 0) is 54.8 Å². The molecule has 0 aliphatic heterocycles. The van der Waals surface area contributed by atoms with E-state index >= 15 is 0 Å². The molecule has 0 fully saturated rings. The first-order valence-electron chi connectivity index (χ1n) is 6.27. The molecular weight excluding hydrogens is 257 g/mol. The summed E-state index contributed by atoms with van der Waals surface area (Å²) in [6.45, 7) is 4.22. The molecule has 2 rings (SSSR count). The van der Waals surface area contributed by atoms with Gasteiger partial charge in [-0.25, -0.2) is 4.39 Å². The first-order valence-corrected chi connectivity index (χ1v) is 7.26. The second-order valence-corrected chi connectivity index (χ2v) is 5.81. The fourth-order valence-corrected chi connectivity index (χ4v) is 2.78. The average Bonchev–Trinajstić information content (AvgIpc) is 2.40. The molecule has 1 unspecified atom stereocenters. The molecule has 2 N–H and O–H groups in total.